The normalized spacial score (nSPS) is 20.0. The minimum absolute atomic E-state index is 0.0202. The molecule has 13 nitrogen and oxygen atoms in total. The van der Waals surface area contributed by atoms with E-state index in [1.54, 1.807) is 27.1 Å². The molecule has 4 aromatic rings. The predicted octanol–water partition coefficient (Wildman–Crippen LogP) is 1.03. The fraction of sp³-hybridized carbons (Fsp3) is 0.387. The first-order valence-corrected chi connectivity index (χ1v) is 14.8. The number of carbonyl (C=O) groups excluding carboxylic acids is 4. The lowest BCUT2D eigenvalue weighted by molar-refractivity contribution is -0.146. The van der Waals surface area contributed by atoms with Gasteiger partial charge in [0.25, 0.3) is 5.91 Å². The highest BCUT2D eigenvalue weighted by Gasteiger charge is 2.40. The lowest BCUT2D eigenvalue weighted by atomic mass is 10.0. The highest BCUT2D eigenvalue weighted by Crippen LogP contribution is 2.20. The molecule has 0 radical (unpaired) electrons. The average molecular weight is 598 g/mol. The van der Waals surface area contributed by atoms with Crippen LogP contribution in [0.25, 0.3) is 5.65 Å². The van der Waals surface area contributed by atoms with Gasteiger partial charge < -0.3 is 20.4 Å². The van der Waals surface area contributed by atoms with Gasteiger partial charge in [0.1, 0.15) is 29.1 Å². The summed E-state index contributed by atoms with van der Waals surface area (Å²) >= 11 is 0. The third-order valence-corrected chi connectivity index (χ3v) is 8.15. The number of pyridine rings is 1. The molecule has 2 aliphatic rings. The Morgan fingerprint density at radius 1 is 1.05 bits per heavy atom. The van der Waals surface area contributed by atoms with Crippen LogP contribution in [0.15, 0.2) is 54.9 Å². The van der Waals surface area contributed by atoms with Crippen LogP contribution in [0.4, 0.5) is 0 Å². The molecule has 2 atom stereocenters. The quantitative estimate of drug-likeness (QED) is 0.359. The maximum absolute atomic E-state index is 14.2. The molecule has 2 aliphatic heterocycles. The third kappa shape index (κ3) is 6.03. The second-order valence-electron chi connectivity index (χ2n) is 11.4. The lowest BCUT2D eigenvalue weighted by Gasteiger charge is -2.41. The Kier molecular flexibility index (Phi) is 8.09. The number of amides is 4. The summed E-state index contributed by atoms with van der Waals surface area (Å²) in [5.41, 5.74) is 4.13. The van der Waals surface area contributed by atoms with E-state index in [-0.39, 0.29) is 56.7 Å². The van der Waals surface area contributed by atoms with Gasteiger partial charge in [-0.05, 0) is 43.5 Å². The number of rotatable bonds is 3. The number of benzene rings is 1. The van der Waals surface area contributed by atoms with E-state index in [1.165, 1.54) is 4.90 Å². The van der Waals surface area contributed by atoms with Gasteiger partial charge >= 0.3 is 0 Å². The molecule has 1 fully saturated rings. The van der Waals surface area contributed by atoms with Gasteiger partial charge in [0.2, 0.25) is 17.7 Å². The largest absolute Gasteiger partial charge is 0.348 e. The van der Waals surface area contributed by atoms with Gasteiger partial charge in [-0.3, -0.25) is 28.3 Å². The maximum atomic E-state index is 14.2. The zero-order valence-corrected chi connectivity index (χ0v) is 24.8. The molecule has 6 rings (SSSR count). The molecule has 0 unspecified atom stereocenters. The van der Waals surface area contributed by atoms with Crippen LogP contribution in [0.3, 0.4) is 0 Å². The van der Waals surface area contributed by atoms with E-state index < -0.39 is 18.0 Å². The Morgan fingerprint density at radius 2 is 1.86 bits per heavy atom. The summed E-state index contributed by atoms with van der Waals surface area (Å²) in [6, 6.07) is 11.4. The standard InChI is InChI=1S/C31H35N9O4/c1-20-10-12-40-26(15-20)33-21(2)28(40)31(44)37-13-14-39-25(19-37)29(42)32-17-23-18-38(36-35-23)11-6-9-27(41)34-24(30(39)43)16-22-7-4-3-5-8-22/h3-5,7-8,10,12,15,18,24-25H,6,9,11,13-14,16-17,19H2,1-2H3,(H,32,42)(H,34,41)/t24-,25+/m0/s1. The molecular formula is C31H35N9O4. The van der Waals surface area contributed by atoms with Crippen LogP contribution in [-0.4, -0.2) is 89.5 Å². The molecule has 0 saturated carbocycles. The van der Waals surface area contributed by atoms with Gasteiger partial charge in [-0.1, -0.05) is 35.5 Å². The van der Waals surface area contributed by atoms with Crippen molar-refractivity contribution < 1.29 is 19.2 Å². The summed E-state index contributed by atoms with van der Waals surface area (Å²) in [6.45, 7) is 4.65. The molecule has 3 aromatic heterocycles. The topological polar surface area (TPSA) is 147 Å². The van der Waals surface area contributed by atoms with Crippen molar-refractivity contribution in [1.82, 2.24) is 44.8 Å². The molecule has 4 amide bonds. The van der Waals surface area contributed by atoms with Crippen LogP contribution in [0.1, 0.15) is 45.8 Å². The van der Waals surface area contributed by atoms with Crippen LogP contribution in [0.2, 0.25) is 0 Å². The van der Waals surface area contributed by atoms with E-state index >= 15 is 0 Å². The summed E-state index contributed by atoms with van der Waals surface area (Å²) in [7, 11) is 0. The van der Waals surface area contributed by atoms with Gasteiger partial charge in [0.05, 0.1) is 25.0 Å². The minimum Gasteiger partial charge on any atom is -0.348 e. The van der Waals surface area contributed by atoms with Gasteiger partial charge in [0.15, 0.2) is 0 Å². The zero-order valence-electron chi connectivity index (χ0n) is 24.8. The van der Waals surface area contributed by atoms with E-state index in [0.717, 1.165) is 11.1 Å². The first kappa shape index (κ1) is 29.0. The molecule has 2 N–H and O–H groups in total. The van der Waals surface area contributed by atoms with Crippen LogP contribution in [0.5, 0.6) is 0 Å². The number of nitrogens with zero attached hydrogens (tertiary/aromatic N) is 7. The Bertz CT molecular complexity index is 1710. The highest BCUT2D eigenvalue weighted by atomic mass is 16.2. The Hall–Kier alpha value is -5.07. The summed E-state index contributed by atoms with van der Waals surface area (Å²) in [6.07, 6.45) is 4.53. The summed E-state index contributed by atoms with van der Waals surface area (Å²) in [5.74, 6) is -1.32. The molecule has 228 valence electrons. The van der Waals surface area contributed by atoms with Gasteiger partial charge in [-0.25, -0.2) is 4.98 Å². The van der Waals surface area contributed by atoms with Gasteiger partial charge in [0, 0.05) is 38.7 Å². The van der Waals surface area contributed by atoms with E-state index in [1.807, 2.05) is 55.6 Å². The Labute approximate surface area is 254 Å². The number of hydrogen-bond acceptors (Lipinski definition) is 7. The first-order valence-electron chi connectivity index (χ1n) is 14.8. The molecule has 1 saturated heterocycles. The first-order chi connectivity index (χ1) is 21.3. The van der Waals surface area contributed by atoms with Crippen molar-refractivity contribution in [3.05, 3.63) is 83.1 Å². The lowest BCUT2D eigenvalue weighted by Crippen LogP contribution is -2.64. The van der Waals surface area contributed by atoms with Crippen molar-refractivity contribution in [2.75, 3.05) is 19.6 Å². The fourth-order valence-corrected chi connectivity index (χ4v) is 5.87. The Balaban J connectivity index is 1.31. The molecule has 1 aromatic carbocycles. The summed E-state index contributed by atoms with van der Waals surface area (Å²) in [4.78, 5) is 62.5. The number of imidazole rings is 1. The van der Waals surface area contributed by atoms with Crippen molar-refractivity contribution in [3.63, 3.8) is 0 Å². The minimum atomic E-state index is -0.989. The second kappa shape index (κ2) is 12.3. The molecule has 0 aliphatic carbocycles. The summed E-state index contributed by atoms with van der Waals surface area (Å²) < 4.78 is 3.39. The number of carbonyl (C=O) groups is 4. The second-order valence-corrected chi connectivity index (χ2v) is 11.4. The molecule has 13 heteroatoms. The molecule has 5 heterocycles. The maximum Gasteiger partial charge on any atom is 0.272 e. The van der Waals surface area contributed by atoms with Crippen molar-refractivity contribution in [2.45, 2.75) is 58.3 Å². The Morgan fingerprint density at radius 3 is 2.68 bits per heavy atom. The summed E-state index contributed by atoms with van der Waals surface area (Å²) in [5, 5.41) is 14.0. The number of hydrogen-bond donors (Lipinski definition) is 2. The molecule has 2 bridgehead atoms. The molecule has 0 spiro atoms. The monoisotopic (exact) mass is 597 g/mol. The van der Waals surface area contributed by atoms with Crippen LogP contribution >= 0.6 is 0 Å². The molecule has 44 heavy (non-hydrogen) atoms. The van der Waals surface area contributed by atoms with Crippen molar-refractivity contribution >= 4 is 29.3 Å². The van der Waals surface area contributed by atoms with E-state index in [0.29, 0.717) is 35.7 Å². The SMILES string of the molecule is Cc1ccn2c(C(=O)N3CCN4C(=O)[C@H](Cc5ccccc5)NC(=O)CCCn5cc(nn5)CNC(=O)[C@H]4C3)c(C)nc2c1. The van der Waals surface area contributed by atoms with E-state index in [2.05, 4.69) is 25.9 Å². The predicted molar refractivity (Wildman–Crippen MR) is 159 cm³/mol. The zero-order chi connectivity index (χ0) is 30.8. The highest BCUT2D eigenvalue weighted by molar-refractivity contribution is 5.97. The van der Waals surface area contributed by atoms with E-state index in [4.69, 9.17) is 0 Å². The number of fused-ring (bicyclic) bond motifs is 4. The number of aryl methyl sites for hydroxylation is 3. The number of piperazine rings is 1. The smallest absolute Gasteiger partial charge is 0.272 e. The van der Waals surface area contributed by atoms with Crippen molar-refractivity contribution in [1.29, 1.82) is 0 Å². The molecular weight excluding hydrogens is 562 g/mol. The van der Waals surface area contributed by atoms with Crippen molar-refractivity contribution in [3.8, 4) is 0 Å². The van der Waals surface area contributed by atoms with Gasteiger partial charge in [-0.2, -0.15) is 0 Å². The average Bonchev–Trinajstić information content (AvgIpc) is 3.61. The van der Waals surface area contributed by atoms with Crippen LogP contribution < -0.4 is 10.6 Å². The van der Waals surface area contributed by atoms with Crippen LogP contribution in [-0.2, 0) is 33.9 Å². The van der Waals surface area contributed by atoms with Crippen LogP contribution in [0, 0.1) is 13.8 Å². The van der Waals surface area contributed by atoms with E-state index in [9.17, 15) is 19.2 Å². The van der Waals surface area contributed by atoms with Crippen molar-refractivity contribution in [2.24, 2.45) is 0 Å². The number of nitrogens with one attached hydrogen (secondary N) is 2. The third-order valence-electron chi connectivity index (χ3n) is 8.15. The van der Waals surface area contributed by atoms with Gasteiger partial charge in [-0.15, -0.1) is 5.10 Å². The fourth-order valence-electron chi connectivity index (χ4n) is 5.87. The number of aromatic nitrogens is 5.